The maximum Gasteiger partial charge on any atom is 0.231 e. The lowest BCUT2D eigenvalue weighted by Crippen LogP contribution is -1.92. The van der Waals surface area contributed by atoms with Crippen LogP contribution in [0.15, 0.2) is 36.4 Å². The molecule has 0 amide bonds. The van der Waals surface area contributed by atoms with Crippen LogP contribution in [0.1, 0.15) is 11.1 Å². The number of halogens is 2. The highest BCUT2D eigenvalue weighted by Gasteiger charge is 2.16. The summed E-state index contributed by atoms with van der Waals surface area (Å²) in [5.74, 6) is 0.744. The lowest BCUT2D eigenvalue weighted by Gasteiger charge is -2.04. The number of benzene rings is 2. The van der Waals surface area contributed by atoms with Gasteiger partial charge >= 0.3 is 0 Å². The third-order valence-corrected chi connectivity index (χ3v) is 3.38. The van der Waals surface area contributed by atoms with E-state index in [1.165, 1.54) is 12.1 Å². The van der Waals surface area contributed by atoms with E-state index in [-0.39, 0.29) is 6.79 Å². The van der Waals surface area contributed by atoms with Crippen molar-refractivity contribution in [2.45, 2.75) is 0 Å². The molecule has 0 aliphatic carbocycles. The van der Waals surface area contributed by atoms with Gasteiger partial charge in [-0.3, -0.25) is 0 Å². The smallest absolute Gasteiger partial charge is 0.231 e. The highest BCUT2D eigenvalue weighted by atomic mass is 35.5. The fourth-order valence-electron chi connectivity index (χ4n) is 2.04. The number of nitriles is 1. The van der Waals surface area contributed by atoms with Crippen LogP contribution < -0.4 is 9.47 Å². The van der Waals surface area contributed by atoms with Crippen molar-refractivity contribution in [1.82, 2.24) is 0 Å². The van der Waals surface area contributed by atoms with Gasteiger partial charge in [-0.2, -0.15) is 5.26 Å². The van der Waals surface area contributed by atoms with E-state index >= 15 is 0 Å². The van der Waals surface area contributed by atoms with Gasteiger partial charge in [0, 0.05) is 6.07 Å². The monoisotopic (exact) mass is 301 g/mol. The number of ether oxygens (including phenoxy) is 2. The number of hydrogen-bond acceptors (Lipinski definition) is 3. The second kappa shape index (κ2) is 5.47. The van der Waals surface area contributed by atoms with E-state index < -0.39 is 5.82 Å². The van der Waals surface area contributed by atoms with Crippen molar-refractivity contribution in [3.63, 3.8) is 0 Å². The average Bonchev–Trinajstić information content (AvgIpc) is 2.91. The van der Waals surface area contributed by atoms with Gasteiger partial charge in [0.1, 0.15) is 5.82 Å². The topological polar surface area (TPSA) is 42.2 Å². The predicted octanol–water partition coefficient (Wildman–Crippen LogP) is 4.27. The fraction of sp³-hybridized carbons (Fsp3) is 0.0625. The Morgan fingerprint density at radius 1 is 1.24 bits per heavy atom. The predicted molar refractivity (Wildman–Crippen MR) is 77.5 cm³/mol. The molecular weight excluding hydrogens is 293 g/mol. The molecule has 3 rings (SSSR count). The van der Waals surface area contributed by atoms with Gasteiger partial charge in [0.05, 0.1) is 16.7 Å². The van der Waals surface area contributed by atoms with Gasteiger partial charge in [-0.1, -0.05) is 23.7 Å². The summed E-state index contributed by atoms with van der Waals surface area (Å²) in [6.07, 6.45) is 1.60. The van der Waals surface area contributed by atoms with Crippen LogP contribution in [0, 0.1) is 17.1 Å². The zero-order chi connectivity index (χ0) is 14.8. The van der Waals surface area contributed by atoms with E-state index in [1.807, 2.05) is 0 Å². The molecule has 1 heterocycles. The molecule has 0 radical (unpaired) electrons. The van der Waals surface area contributed by atoms with E-state index in [0.29, 0.717) is 33.2 Å². The van der Waals surface area contributed by atoms with E-state index in [2.05, 4.69) is 6.07 Å². The molecule has 3 nitrogen and oxygen atoms in total. The van der Waals surface area contributed by atoms with Gasteiger partial charge < -0.3 is 9.47 Å². The summed E-state index contributed by atoms with van der Waals surface area (Å²) in [5.41, 5.74) is 1.42. The first kappa shape index (κ1) is 13.5. The molecule has 0 atom stereocenters. The molecule has 2 aromatic rings. The number of hydrogen-bond donors (Lipinski definition) is 0. The van der Waals surface area contributed by atoms with E-state index in [9.17, 15) is 9.65 Å². The van der Waals surface area contributed by atoms with Crippen molar-refractivity contribution in [3.05, 3.63) is 58.4 Å². The van der Waals surface area contributed by atoms with E-state index in [0.717, 1.165) is 0 Å². The molecule has 0 fully saturated rings. The lowest BCUT2D eigenvalue weighted by molar-refractivity contribution is 0.174. The summed E-state index contributed by atoms with van der Waals surface area (Å²) < 4.78 is 23.8. The molecular formula is C16H9ClFNO2. The summed E-state index contributed by atoms with van der Waals surface area (Å²) in [6, 6.07) is 11.2. The molecule has 1 aliphatic rings. The van der Waals surface area contributed by atoms with Crippen LogP contribution in [-0.2, 0) is 0 Å². The molecule has 0 saturated carbocycles. The van der Waals surface area contributed by atoms with Crippen LogP contribution in [0.25, 0.3) is 11.6 Å². The Bertz CT molecular complexity index is 780. The molecule has 0 unspecified atom stereocenters. The summed E-state index contributed by atoms with van der Waals surface area (Å²) in [7, 11) is 0. The Kier molecular flexibility index (Phi) is 3.51. The van der Waals surface area contributed by atoms with Crippen LogP contribution in [-0.4, -0.2) is 6.79 Å². The van der Waals surface area contributed by atoms with Crippen LogP contribution >= 0.6 is 11.6 Å². The molecule has 0 saturated heterocycles. The minimum Gasteiger partial charge on any atom is -0.454 e. The molecule has 0 N–H and O–H groups in total. The maximum atomic E-state index is 13.3. The molecule has 0 bridgehead atoms. The molecule has 104 valence electrons. The quantitative estimate of drug-likeness (QED) is 0.614. The summed E-state index contributed by atoms with van der Waals surface area (Å²) in [5, 5.41) is 9.71. The van der Waals surface area contributed by atoms with Crippen LogP contribution in [0.2, 0.25) is 5.02 Å². The Hall–Kier alpha value is -2.51. The molecule has 2 aromatic carbocycles. The minimum absolute atomic E-state index is 0.147. The second-order valence-electron chi connectivity index (χ2n) is 4.41. The van der Waals surface area contributed by atoms with Gasteiger partial charge in [0.25, 0.3) is 0 Å². The summed E-state index contributed by atoms with van der Waals surface area (Å²) in [4.78, 5) is 0. The first-order valence-electron chi connectivity index (χ1n) is 6.14. The molecule has 0 spiro atoms. The highest BCUT2D eigenvalue weighted by Crippen LogP contribution is 2.38. The molecule has 5 heteroatoms. The van der Waals surface area contributed by atoms with Gasteiger partial charge in [-0.05, 0) is 35.4 Å². The SMILES string of the molecule is N#C/C(=C\c1cc2c(cc1Cl)OCO2)c1cccc(F)c1. The Balaban J connectivity index is 2.06. The third kappa shape index (κ3) is 2.69. The lowest BCUT2D eigenvalue weighted by atomic mass is 10.0. The Labute approximate surface area is 125 Å². The van der Waals surface area contributed by atoms with Gasteiger partial charge in [-0.25, -0.2) is 4.39 Å². The maximum absolute atomic E-state index is 13.3. The van der Waals surface area contributed by atoms with Crippen LogP contribution in [0.3, 0.4) is 0 Å². The second-order valence-corrected chi connectivity index (χ2v) is 4.81. The van der Waals surface area contributed by atoms with Crippen molar-refractivity contribution in [3.8, 4) is 17.6 Å². The third-order valence-electron chi connectivity index (χ3n) is 3.05. The summed E-state index contributed by atoms with van der Waals surface area (Å²) >= 11 is 6.16. The number of rotatable bonds is 2. The van der Waals surface area contributed by atoms with Crippen molar-refractivity contribution >= 4 is 23.3 Å². The number of nitrogens with zero attached hydrogens (tertiary/aromatic N) is 1. The molecule has 1 aliphatic heterocycles. The summed E-state index contributed by atoms with van der Waals surface area (Å²) in [6.45, 7) is 0.147. The first-order valence-corrected chi connectivity index (χ1v) is 6.52. The highest BCUT2D eigenvalue weighted by molar-refractivity contribution is 6.32. The normalized spacial score (nSPS) is 13.1. The van der Waals surface area contributed by atoms with Gasteiger partial charge in [0.15, 0.2) is 11.5 Å². The van der Waals surface area contributed by atoms with Crippen molar-refractivity contribution in [2.24, 2.45) is 0 Å². The van der Waals surface area contributed by atoms with Gasteiger partial charge in [-0.15, -0.1) is 0 Å². The van der Waals surface area contributed by atoms with Crippen molar-refractivity contribution in [1.29, 1.82) is 5.26 Å². The zero-order valence-corrected chi connectivity index (χ0v) is 11.5. The van der Waals surface area contributed by atoms with Crippen molar-refractivity contribution in [2.75, 3.05) is 6.79 Å². The standard InChI is InChI=1S/C16H9ClFNO2/c17-14-7-16-15(20-9-21-16)6-11(14)4-12(8-19)10-2-1-3-13(18)5-10/h1-7H,9H2/b12-4+. The fourth-order valence-corrected chi connectivity index (χ4v) is 2.24. The molecule has 0 aromatic heterocycles. The number of fused-ring (bicyclic) bond motifs is 1. The Morgan fingerprint density at radius 3 is 2.71 bits per heavy atom. The van der Waals surface area contributed by atoms with Gasteiger partial charge in [0.2, 0.25) is 6.79 Å². The van der Waals surface area contributed by atoms with E-state index in [4.69, 9.17) is 21.1 Å². The zero-order valence-electron chi connectivity index (χ0n) is 10.8. The van der Waals surface area contributed by atoms with E-state index in [1.54, 1.807) is 30.3 Å². The van der Waals surface area contributed by atoms with Crippen LogP contribution in [0.5, 0.6) is 11.5 Å². The molecule has 21 heavy (non-hydrogen) atoms. The van der Waals surface area contributed by atoms with Crippen molar-refractivity contribution < 1.29 is 13.9 Å². The Morgan fingerprint density at radius 2 is 2.00 bits per heavy atom. The van der Waals surface area contributed by atoms with Crippen LogP contribution in [0.4, 0.5) is 4.39 Å². The minimum atomic E-state index is -0.398. The average molecular weight is 302 g/mol. The number of allylic oxidation sites excluding steroid dienone is 1. The largest absolute Gasteiger partial charge is 0.454 e. The first-order chi connectivity index (χ1) is 10.2.